The molecule has 1 aromatic heterocycles. The molecule has 4 aromatic rings. The summed E-state index contributed by atoms with van der Waals surface area (Å²) in [5.74, 6) is -1.11. The molecule has 1 amide bonds. The van der Waals surface area contributed by atoms with Crippen molar-refractivity contribution < 1.29 is 13.2 Å². The van der Waals surface area contributed by atoms with E-state index in [1.807, 2.05) is 56.3 Å². The number of aryl methyl sites for hydroxylation is 2. The van der Waals surface area contributed by atoms with Crippen LogP contribution in [-0.2, 0) is 21.2 Å². The van der Waals surface area contributed by atoms with E-state index in [4.69, 9.17) is 4.98 Å². The highest BCUT2D eigenvalue weighted by atomic mass is 32.2. The largest absolute Gasteiger partial charge is 0.283 e. The maximum atomic E-state index is 13.3. The van der Waals surface area contributed by atoms with Gasteiger partial charge in [0.2, 0.25) is 5.91 Å². The summed E-state index contributed by atoms with van der Waals surface area (Å²) in [5.41, 5.74) is 3.85. The number of amides is 1. The molecule has 3 aromatic carbocycles. The van der Waals surface area contributed by atoms with E-state index >= 15 is 0 Å². The van der Waals surface area contributed by atoms with E-state index < -0.39 is 21.5 Å². The van der Waals surface area contributed by atoms with Gasteiger partial charge in [-0.05, 0) is 42.7 Å². The number of thiazole rings is 1. The topological polar surface area (TPSA) is 67.3 Å². The fourth-order valence-corrected chi connectivity index (χ4v) is 5.69. The van der Waals surface area contributed by atoms with Gasteiger partial charge >= 0.3 is 0 Å². The normalized spacial score (nSPS) is 11.5. The number of hydrogen-bond acceptors (Lipinski definition) is 5. The first-order valence-electron chi connectivity index (χ1n) is 9.84. The van der Waals surface area contributed by atoms with Gasteiger partial charge in [0.15, 0.2) is 15.0 Å². The van der Waals surface area contributed by atoms with E-state index in [1.54, 1.807) is 18.2 Å². The summed E-state index contributed by atoms with van der Waals surface area (Å²) >= 11 is 1.41. The Morgan fingerprint density at radius 2 is 1.52 bits per heavy atom. The zero-order valence-corrected chi connectivity index (χ0v) is 18.9. The fourth-order valence-electron chi connectivity index (χ4n) is 3.34. The molecule has 0 spiro atoms. The second-order valence-corrected chi connectivity index (χ2v) is 10.4. The standard InChI is InChI=1S/C24H22N2O3S2/c1-17-13-14-18(2)23-22(17)25-24(30-23)26(15-19-9-5-3-6-10-19)21(27)16-31(28,29)20-11-7-4-8-12-20/h3-14H,15-16H2,1-2H3. The van der Waals surface area contributed by atoms with E-state index in [0.29, 0.717) is 5.13 Å². The maximum absolute atomic E-state index is 13.3. The summed E-state index contributed by atoms with van der Waals surface area (Å²) in [6.45, 7) is 4.24. The Balaban J connectivity index is 1.74. The van der Waals surface area contributed by atoms with Crippen LogP contribution in [0.1, 0.15) is 16.7 Å². The molecule has 1 heterocycles. The third kappa shape index (κ3) is 4.52. The number of carbonyl (C=O) groups is 1. The number of nitrogens with zero attached hydrogens (tertiary/aromatic N) is 2. The molecule has 0 saturated carbocycles. The predicted molar refractivity (Wildman–Crippen MR) is 125 cm³/mol. The molecule has 5 nitrogen and oxygen atoms in total. The molecular formula is C24H22N2O3S2. The zero-order valence-electron chi connectivity index (χ0n) is 17.3. The summed E-state index contributed by atoms with van der Waals surface area (Å²) in [6.07, 6.45) is 0. The van der Waals surface area contributed by atoms with Gasteiger partial charge in [0.25, 0.3) is 0 Å². The van der Waals surface area contributed by atoms with Crippen molar-refractivity contribution in [1.82, 2.24) is 4.98 Å². The zero-order chi connectivity index (χ0) is 22.0. The van der Waals surface area contributed by atoms with Gasteiger partial charge in [0, 0.05) is 0 Å². The molecule has 0 unspecified atom stereocenters. The molecular weight excluding hydrogens is 428 g/mol. The van der Waals surface area contributed by atoms with Gasteiger partial charge in [0.05, 0.1) is 21.7 Å². The molecule has 0 N–H and O–H groups in total. The Morgan fingerprint density at radius 1 is 0.903 bits per heavy atom. The Bertz CT molecular complexity index is 1290. The molecule has 0 bridgehead atoms. The van der Waals surface area contributed by atoms with E-state index in [9.17, 15) is 13.2 Å². The number of aromatic nitrogens is 1. The van der Waals surface area contributed by atoms with Crippen molar-refractivity contribution >= 4 is 42.4 Å². The summed E-state index contributed by atoms with van der Waals surface area (Å²) in [6, 6.07) is 21.6. The van der Waals surface area contributed by atoms with Gasteiger partial charge in [-0.25, -0.2) is 13.4 Å². The summed E-state index contributed by atoms with van der Waals surface area (Å²) in [5, 5.41) is 0.504. The van der Waals surface area contributed by atoms with E-state index in [0.717, 1.165) is 26.9 Å². The van der Waals surface area contributed by atoms with Crippen molar-refractivity contribution in [3.05, 3.63) is 89.5 Å². The SMILES string of the molecule is Cc1ccc(C)c2sc(N(Cc3ccccc3)C(=O)CS(=O)(=O)c3ccccc3)nc12. The molecule has 0 atom stereocenters. The summed E-state index contributed by atoms with van der Waals surface area (Å²) in [4.78, 5) is 19.6. The number of sulfone groups is 1. The number of hydrogen-bond donors (Lipinski definition) is 0. The highest BCUT2D eigenvalue weighted by Crippen LogP contribution is 2.34. The molecule has 158 valence electrons. The second-order valence-electron chi connectivity index (χ2n) is 7.41. The minimum absolute atomic E-state index is 0.138. The van der Waals surface area contributed by atoms with Crippen LogP contribution in [0.4, 0.5) is 5.13 Å². The van der Waals surface area contributed by atoms with E-state index in [2.05, 4.69) is 0 Å². The number of carbonyl (C=O) groups excluding carboxylic acids is 1. The lowest BCUT2D eigenvalue weighted by molar-refractivity contribution is -0.116. The molecule has 0 fully saturated rings. The predicted octanol–water partition coefficient (Wildman–Crippen LogP) is 4.92. The Hall–Kier alpha value is -3.03. The number of fused-ring (bicyclic) bond motifs is 1. The molecule has 4 rings (SSSR count). The maximum Gasteiger partial charge on any atom is 0.244 e. The lowest BCUT2D eigenvalue weighted by atomic mass is 10.1. The third-order valence-electron chi connectivity index (χ3n) is 5.06. The van der Waals surface area contributed by atoms with Crippen LogP contribution >= 0.6 is 11.3 Å². The average molecular weight is 451 g/mol. The first kappa shape index (κ1) is 21.2. The van der Waals surface area contributed by atoms with Crippen molar-refractivity contribution in [2.45, 2.75) is 25.3 Å². The van der Waals surface area contributed by atoms with Crippen molar-refractivity contribution in [3.8, 4) is 0 Å². The van der Waals surface area contributed by atoms with Crippen LogP contribution in [0.5, 0.6) is 0 Å². The lowest BCUT2D eigenvalue weighted by Gasteiger charge is -2.20. The minimum Gasteiger partial charge on any atom is -0.283 e. The molecule has 31 heavy (non-hydrogen) atoms. The van der Waals surface area contributed by atoms with Gasteiger partial charge in [-0.3, -0.25) is 9.69 Å². The molecule has 0 saturated heterocycles. The number of benzene rings is 3. The monoisotopic (exact) mass is 450 g/mol. The van der Waals surface area contributed by atoms with Crippen molar-refractivity contribution in [2.24, 2.45) is 0 Å². The van der Waals surface area contributed by atoms with Gasteiger partial charge < -0.3 is 0 Å². The van der Waals surface area contributed by atoms with Gasteiger partial charge in [-0.15, -0.1) is 0 Å². The Labute approximate surface area is 185 Å². The molecule has 0 radical (unpaired) electrons. The van der Waals surface area contributed by atoms with Gasteiger partial charge in [0.1, 0.15) is 5.75 Å². The minimum atomic E-state index is -3.77. The van der Waals surface area contributed by atoms with Crippen LogP contribution in [-0.4, -0.2) is 25.1 Å². The van der Waals surface area contributed by atoms with Gasteiger partial charge in [-0.1, -0.05) is 72.0 Å². The highest BCUT2D eigenvalue weighted by molar-refractivity contribution is 7.92. The summed E-state index contributed by atoms with van der Waals surface area (Å²) < 4.78 is 26.7. The Kier molecular flexibility index (Phi) is 5.89. The third-order valence-corrected chi connectivity index (χ3v) is 7.89. The van der Waals surface area contributed by atoms with Gasteiger partial charge in [-0.2, -0.15) is 0 Å². The van der Waals surface area contributed by atoms with Crippen LogP contribution in [0.2, 0.25) is 0 Å². The van der Waals surface area contributed by atoms with Crippen molar-refractivity contribution in [2.75, 3.05) is 10.7 Å². The smallest absolute Gasteiger partial charge is 0.244 e. The quantitative estimate of drug-likeness (QED) is 0.418. The molecule has 0 aliphatic carbocycles. The van der Waals surface area contributed by atoms with Crippen LogP contribution < -0.4 is 4.90 Å². The van der Waals surface area contributed by atoms with Crippen LogP contribution in [0, 0.1) is 13.8 Å². The van der Waals surface area contributed by atoms with Crippen LogP contribution in [0.3, 0.4) is 0 Å². The number of anilines is 1. The summed E-state index contributed by atoms with van der Waals surface area (Å²) in [7, 11) is -3.77. The van der Waals surface area contributed by atoms with E-state index in [1.165, 1.54) is 28.4 Å². The molecule has 7 heteroatoms. The van der Waals surface area contributed by atoms with Crippen LogP contribution in [0.25, 0.3) is 10.2 Å². The number of rotatable bonds is 6. The van der Waals surface area contributed by atoms with Crippen molar-refractivity contribution in [3.63, 3.8) is 0 Å². The molecule has 0 aliphatic heterocycles. The Morgan fingerprint density at radius 3 is 2.16 bits per heavy atom. The molecule has 0 aliphatic rings. The van der Waals surface area contributed by atoms with Crippen molar-refractivity contribution in [1.29, 1.82) is 0 Å². The first-order valence-corrected chi connectivity index (χ1v) is 12.3. The fraction of sp³-hybridized carbons (Fsp3) is 0.167. The lowest BCUT2D eigenvalue weighted by Crippen LogP contribution is -2.35. The average Bonchev–Trinajstić information content (AvgIpc) is 3.22. The second kappa shape index (κ2) is 8.61. The highest BCUT2D eigenvalue weighted by Gasteiger charge is 2.27. The van der Waals surface area contributed by atoms with Crippen LogP contribution in [0.15, 0.2) is 77.7 Å². The van der Waals surface area contributed by atoms with E-state index in [-0.39, 0.29) is 11.4 Å². The first-order chi connectivity index (χ1) is 14.8.